The number of fused-ring (bicyclic) bond motifs is 6. The highest BCUT2D eigenvalue weighted by Gasteiger charge is 2.47. The van der Waals surface area contributed by atoms with Gasteiger partial charge in [-0.2, -0.15) is 0 Å². The Morgan fingerprint density at radius 1 is 0.317 bits per heavy atom. The number of benzene rings is 10. The highest BCUT2D eigenvalue weighted by molar-refractivity contribution is 6.08. The van der Waals surface area contributed by atoms with Crippen LogP contribution in [0.1, 0.15) is 22.3 Å². The Labute approximate surface area is 367 Å². The van der Waals surface area contributed by atoms with Gasteiger partial charge in [0.2, 0.25) is 0 Å². The lowest BCUT2D eigenvalue weighted by Gasteiger charge is -2.34. The molecule has 2 heteroatoms. The molecule has 0 radical (unpaired) electrons. The maximum atomic E-state index is 6.43. The van der Waals surface area contributed by atoms with E-state index >= 15 is 0 Å². The summed E-state index contributed by atoms with van der Waals surface area (Å²) < 4.78 is 6.43. The molecule has 0 amide bonds. The summed E-state index contributed by atoms with van der Waals surface area (Å²) in [5.74, 6) is 0. The van der Waals surface area contributed by atoms with Crippen LogP contribution in [0, 0.1) is 0 Å². The van der Waals surface area contributed by atoms with Crippen LogP contribution >= 0.6 is 0 Å². The molecule has 63 heavy (non-hydrogen) atoms. The summed E-state index contributed by atoms with van der Waals surface area (Å²) in [6, 6.07) is 90.4. The summed E-state index contributed by atoms with van der Waals surface area (Å²) in [4.78, 5) is 2.50. The van der Waals surface area contributed by atoms with Gasteiger partial charge >= 0.3 is 0 Å². The smallest absolute Gasteiger partial charge is 0.135 e. The molecule has 0 fully saturated rings. The Balaban J connectivity index is 1.16. The van der Waals surface area contributed by atoms with E-state index in [9.17, 15) is 0 Å². The standard InChI is InChI=1S/C61H41NO/c1-4-21-42(22-5-1)46-27-10-11-28-47(46)48-29-12-13-30-49(48)50-31-15-18-36-56(50)62(45-39-40-59-53(41-45)51-32-16-19-38-58(51)63-59)57-37-20-35-55-60(57)52-33-14-17-34-54(52)61(55,43-23-6-2-7-24-43)44-25-8-3-9-26-44/h1-41H. The van der Waals surface area contributed by atoms with Crippen molar-refractivity contribution >= 4 is 39.0 Å². The van der Waals surface area contributed by atoms with E-state index in [1.54, 1.807) is 0 Å². The largest absolute Gasteiger partial charge is 0.456 e. The van der Waals surface area contributed by atoms with Gasteiger partial charge in [0.05, 0.1) is 16.8 Å². The van der Waals surface area contributed by atoms with Crippen molar-refractivity contribution in [1.29, 1.82) is 0 Å². The minimum Gasteiger partial charge on any atom is -0.456 e. The van der Waals surface area contributed by atoms with E-state index in [2.05, 4.69) is 248 Å². The minimum atomic E-state index is -0.548. The molecule has 296 valence electrons. The SMILES string of the molecule is c1ccc(-c2ccccc2-c2ccccc2-c2ccccc2N(c2ccc3oc4ccccc4c3c2)c2cccc3c2-c2ccccc2C3(c2ccccc2)c2ccccc2)cc1. The lowest BCUT2D eigenvalue weighted by molar-refractivity contribution is 0.669. The monoisotopic (exact) mass is 803 g/mol. The second-order valence-corrected chi connectivity index (χ2v) is 16.3. The average molecular weight is 804 g/mol. The number of para-hydroxylation sites is 2. The average Bonchev–Trinajstić information content (AvgIpc) is 3.89. The molecule has 12 rings (SSSR count). The minimum absolute atomic E-state index is 0.548. The molecule has 11 aromatic rings. The summed E-state index contributed by atoms with van der Waals surface area (Å²) >= 11 is 0. The first-order valence-corrected chi connectivity index (χ1v) is 21.7. The van der Waals surface area contributed by atoms with Crippen LogP contribution in [-0.4, -0.2) is 0 Å². The van der Waals surface area contributed by atoms with Crippen LogP contribution in [0.4, 0.5) is 17.1 Å². The predicted octanol–water partition coefficient (Wildman–Crippen LogP) is 16.4. The van der Waals surface area contributed by atoms with Crippen molar-refractivity contribution in [2.24, 2.45) is 0 Å². The van der Waals surface area contributed by atoms with Crippen LogP contribution in [0.25, 0.3) is 66.4 Å². The van der Waals surface area contributed by atoms with Crippen LogP contribution in [0.15, 0.2) is 253 Å². The Morgan fingerprint density at radius 3 is 1.52 bits per heavy atom. The third-order valence-corrected chi connectivity index (χ3v) is 13.0. The number of nitrogens with zero attached hydrogens (tertiary/aromatic N) is 1. The van der Waals surface area contributed by atoms with Gasteiger partial charge in [-0.25, -0.2) is 0 Å². The van der Waals surface area contributed by atoms with Gasteiger partial charge in [-0.15, -0.1) is 0 Å². The molecule has 0 bridgehead atoms. The van der Waals surface area contributed by atoms with Gasteiger partial charge in [0, 0.05) is 27.6 Å². The van der Waals surface area contributed by atoms with Crippen molar-refractivity contribution in [3.8, 4) is 44.5 Å². The summed E-state index contributed by atoms with van der Waals surface area (Å²) in [6.07, 6.45) is 0. The van der Waals surface area contributed by atoms with Gasteiger partial charge in [-0.05, 0) is 92.0 Å². The first kappa shape index (κ1) is 36.6. The van der Waals surface area contributed by atoms with E-state index in [-0.39, 0.29) is 0 Å². The fourth-order valence-electron chi connectivity index (χ4n) is 10.4. The maximum Gasteiger partial charge on any atom is 0.135 e. The zero-order valence-corrected chi connectivity index (χ0v) is 34.5. The van der Waals surface area contributed by atoms with Gasteiger partial charge in [0.25, 0.3) is 0 Å². The quantitative estimate of drug-likeness (QED) is 0.152. The molecule has 0 aliphatic heterocycles. The Bertz CT molecular complexity index is 3420. The topological polar surface area (TPSA) is 16.4 Å². The fraction of sp³-hybridized carbons (Fsp3) is 0.0164. The maximum absolute atomic E-state index is 6.43. The van der Waals surface area contributed by atoms with Crippen molar-refractivity contribution in [3.05, 3.63) is 271 Å². The van der Waals surface area contributed by atoms with Gasteiger partial charge < -0.3 is 9.32 Å². The van der Waals surface area contributed by atoms with Crippen LogP contribution in [-0.2, 0) is 5.41 Å². The lowest BCUT2D eigenvalue weighted by atomic mass is 9.68. The number of hydrogen-bond acceptors (Lipinski definition) is 2. The number of rotatable bonds is 8. The van der Waals surface area contributed by atoms with Crippen LogP contribution < -0.4 is 4.90 Å². The molecule has 0 atom stereocenters. The van der Waals surface area contributed by atoms with Crippen LogP contribution in [0.2, 0.25) is 0 Å². The van der Waals surface area contributed by atoms with Gasteiger partial charge in [0.1, 0.15) is 11.2 Å². The van der Waals surface area contributed by atoms with E-state index in [1.807, 2.05) is 6.07 Å². The van der Waals surface area contributed by atoms with E-state index in [0.29, 0.717) is 0 Å². The third-order valence-electron chi connectivity index (χ3n) is 13.0. The predicted molar refractivity (Wildman–Crippen MR) is 262 cm³/mol. The molecule has 0 unspecified atom stereocenters. The normalized spacial score (nSPS) is 12.6. The molecule has 1 heterocycles. The molecule has 1 aromatic heterocycles. The van der Waals surface area contributed by atoms with Crippen molar-refractivity contribution in [2.75, 3.05) is 4.90 Å². The molecule has 1 aliphatic rings. The second kappa shape index (κ2) is 15.1. The van der Waals surface area contributed by atoms with Crippen molar-refractivity contribution in [2.45, 2.75) is 5.41 Å². The number of hydrogen-bond donors (Lipinski definition) is 0. The second-order valence-electron chi connectivity index (χ2n) is 16.3. The Hall–Kier alpha value is -8.20. The molecule has 0 spiro atoms. The molecular weight excluding hydrogens is 763 g/mol. The first-order chi connectivity index (χ1) is 31.3. The van der Waals surface area contributed by atoms with Gasteiger partial charge in [-0.1, -0.05) is 212 Å². The fourth-order valence-corrected chi connectivity index (χ4v) is 10.4. The third kappa shape index (κ3) is 5.80. The van der Waals surface area contributed by atoms with E-state index in [1.165, 1.54) is 55.6 Å². The summed E-state index contributed by atoms with van der Waals surface area (Å²) in [5, 5.41) is 2.18. The Kier molecular flexibility index (Phi) is 8.76. The molecule has 0 saturated heterocycles. The molecule has 0 N–H and O–H groups in total. The van der Waals surface area contributed by atoms with Crippen molar-refractivity contribution in [1.82, 2.24) is 0 Å². The molecule has 2 nitrogen and oxygen atoms in total. The summed E-state index contributed by atoms with van der Waals surface area (Å²) in [5.41, 5.74) is 19.0. The lowest BCUT2D eigenvalue weighted by Crippen LogP contribution is -2.28. The van der Waals surface area contributed by atoms with E-state index < -0.39 is 5.41 Å². The van der Waals surface area contributed by atoms with Crippen LogP contribution in [0.3, 0.4) is 0 Å². The number of anilines is 3. The summed E-state index contributed by atoms with van der Waals surface area (Å²) in [6.45, 7) is 0. The summed E-state index contributed by atoms with van der Waals surface area (Å²) in [7, 11) is 0. The van der Waals surface area contributed by atoms with Crippen molar-refractivity contribution in [3.63, 3.8) is 0 Å². The van der Waals surface area contributed by atoms with Gasteiger partial charge in [0.15, 0.2) is 0 Å². The Morgan fingerprint density at radius 2 is 0.810 bits per heavy atom. The molecule has 10 aromatic carbocycles. The zero-order chi connectivity index (χ0) is 41.7. The van der Waals surface area contributed by atoms with Crippen LogP contribution in [0.5, 0.6) is 0 Å². The highest BCUT2D eigenvalue weighted by atomic mass is 16.3. The molecular formula is C61H41NO. The first-order valence-electron chi connectivity index (χ1n) is 21.7. The van der Waals surface area contributed by atoms with Crippen molar-refractivity contribution < 1.29 is 4.42 Å². The van der Waals surface area contributed by atoms with Gasteiger partial charge in [-0.3, -0.25) is 0 Å². The number of furan rings is 1. The molecule has 0 saturated carbocycles. The van der Waals surface area contributed by atoms with E-state index in [4.69, 9.17) is 4.42 Å². The highest BCUT2D eigenvalue weighted by Crippen LogP contribution is 2.60. The zero-order valence-electron chi connectivity index (χ0n) is 34.5. The van der Waals surface area contributed by atoms with E-state index in [0.717, 1.165) is 50.1 Å². The molecule has 1 aliphatic carbocycles.